The van der Waals surface area contributed by atoms with Gasteiger partial charge in [-0.15, -0.1) is 0 Å². The number of amides is 2. The zero-order valence-electron chi connectivity index (χ0n) is 19.4. The normalized spacial score (nSPS) is 17.1. The van der Waals surface area contributed by atoms with Crippen LogP contribution >= 0.6 is 0 Å². The third kappa shape index (κ3) is 4.02. The molecule has 6 nitrogen and oxygen atoms in total. The minimum atomic E-state index is -0.233. The highest BCUT2D eigenvalue weighted by molar-refractivity contribution is 6.35. The number of piperazine rings is 1. The molecule has 2 aliphatic rings. The highest BCUT2D eigenvalue weighted by atomic mass is 16.5. The fourth-order valence-corrected chi connectivity index (χ4v) is 4.47. The Morgan fingerprint density at radius 1 is 0.844 bits per heavy atom. The predicted octanol–water partition coefficient (Wildman–Crippen LogP) is 3.16. The molecule has 0 N–H and O–H groups in total. The maximum Gasteiger partial charge on any atom is 0.277 e. The first-order chi connectivity index (χ1) is 15.4. The first kappa shape index (κ1) is 22.1. The van der Waals surface area contributed by atoms with Gasteiger partial charge in [0.15, 0.2) is 0 Å². The quantitative estimate of drug-likeness (QED) is 0.655. The van der Waals surface area contributed by atoms with Crippen molar-refractivity contribution in [1.29, 1.82) is 0 Å². The number of nitrogens with zero attached hydrogens (tertiary/aromatic N) is 3. The van der Waals surface area contributed by atoms with E-state index in [0.717, 1.165) is 24.2 Å². The van der Waals surface area contributed by atoms with Crippen LogP contribution < -0.4 is 4.90 Å². The van der Waals surface area contributed by atoms with Crippen molar-refractivity contribution >= 4 is 23.1 Å². The Kier molecular flexibility index (Phi) is 6.33. The molecule has 2 aromatic carbocycles. The summed E-state index contributed by atoms with van der Waals surface area (Å²) in [5, 5.41) is 0. The van der Waals surface area contributed by atoms with Crippen LogP contribution in [0.5, 0.6) is 0 Å². The topological polar surface area (TPSA) is 53.1 Å². The number of benzene rings is 2. The lowest BCUT2D eigenvalue weighted by Gasteiger charge is -2.38. The van der Waals surface area contributed by atoms with Crippen molar-refractivity contribution < 1.29 is 14.3 Å². The van der Waals surface area contributed by atoms with Crippen molar-refractivity contribution in [3.63, 3.8) is 0 Å². The second-order valence-electron chi connectivity index (χ2n) is 8.54. The molecular formula is C26H31N3O3. The van der Waals surface area contributed by atoms with Gasteiger partial charge in [0.05, 0.1) is 18.7 Å². The Labute approximate surface area is 190 Å². The van der Waals surface area contributed by atoms with Gasteiger partial charge in [-0.05, 0) is 43.5 Å². The monoisotopic (exact) mass is 433 g/mol. The molecule has 0 aromatic heterocycles. The molecule has 2 heterocycles. The van der Waals surface area contributed by atoms with Gasteiger partial charge in [0, 0.05) is 39.0 Å². The molecule has 2 aromatic rings. The van der Waals surface area contributed by atoms with Crippen molar-refractivity contribution in [3.8, 4) is 0 Å². The van der Waals surface area contributed by atoms with Crippen LogP contribution in [0.2, 0.25) is 0 Å². The second-order valence-corrected chi connectivity index (χ2v) is 8.54. The van der Waals surface area contributed by atoms with Crippen LogP contribution in [0.3, 0.4) is 0 Å². The molecule has 0 unspecified atom stereocenters. The van der Waals surface area contributed by atoms with E-state index >= 15 is 0 Å². The number of ether oxygens (including phenoxy) is 1. The third-order valence-corrected chi connectivity index (χ3v) is 6.52. The molecule has 0 aliphatic carbocycles. The molecule has 1 saturated heterocycles. The Hall–Kier alpha value is -3.12. The number of imide groups is 1. The van der Waals surface area contributed by atoms with E-state index in [0.29, 0.717) is 31.0 Å². The molecule has 0 radical (unpaired) electrons. The average Bonchev–Trinajstić information content (AvgIpc) is 3.04. The minimum absolute atomic E-state index is 0.220. The number of hydrogen-bond acceptors (Lipinski definition) is 5. The summed E-state index contributed by atoms with van der Waals surface area (Å²) in [5.74, 6) is -0.453. The van der Waals surface area contributed by atoms with Crippen LogP contribution in [0.1, 0.15) is 22.3 Å². The van der Waals surface area contributed by atoms with E-state index in [9.17, 15) is 9.59 Å². The lowest BCUT2D eigenvalue weighted by molar-refractivity contribution is -0.138. The first-order valence-corrected chi connectivity index (χ1v) is 11.1. The summed E-state index contributed by atoms with van der Waals surface area (Å²) in [4.78, 5) is 32.4. The van der Waals surface area contributed by atoms with Crippen LogP contribution in [0.25, 0.3) is 5.57 Å². The van der Waals surface area contributed by atoms with Crippen LogP contribution in [-0.2, 0) is 14.3 Å². The van der Waals surface area contributed by atoms with Crippen molar-refractivity contribution in [3.05, 3.63) is 70.4 Å². The van der Waals surface area contributed by atoms with Gasteiger partial charge in [0.25, 0.3) is 11.8 Å². The van der Waals surface area contributed by atoms with Gasteiger partial charge < -0.3 is 14.5 Å². The Morgan fingerprint density at radius 2 is 1.50 bits per heavy atom. The van der Waals surface area contributed by atoms with Gasteiger partial charge in [-0.2, -0.15) is 0 Å². The fourth-order valence-electron chi connectivity index (χ4n) is 4.47. The lowest BCUT2D eigenvalue weighted by Crippen LogP contribution is -2.48. The molecule has 4 rings (SSSR count). The highest BCUT2D eigenvalue weighted by Gasteiger charge is 2.42. The summed E-state index contributed by atoms with van der Waals surface area (Å²) < 4.78 is 5.14. The van der Waals surface area contributed by atoms with Crippen molar-refractivity contribution in [1.82, 2.24) is 9.80 Å². The summed E-state index contributed by atoms with van der Waals surface area (Å²) in [6.07, 6.45) is 0. The summed E-state index contributed by atoms with van der Waals surface area (Å²) >= 11 is 0. The number of rotatable bonds is 6. The fraction of sp³-hybridized carbons (Fsp3) is 0.385. The van der Waals surface area contributed by atoms with E-state index in [1.807, 2.05) is 31.2 Å². The maximum absolute atomic E-state index is 13.4. The van der Waals surface area contributed by atoms with Crippen molar-refractivity contribution in [2.24, 2.45) is 0 Å². The second kappa shape index (κ2) is 9.17. The van der Waals surface area contributed by atoms with Gasteiger partial charge in [-0.3, -0.25) is 14.5 Å². The Bertz CT molecular complexity index is 1050. The zero-order chi connectivity index (χ0) is 22.8. The predicted molar refractivity (Wildman–Crippen MR) is 126 cm³/mol. The van der Waals surface area contributed by atoms with Gasteiger partial charge in [-0.1, -0.05) is 42.0 Å². The van der Waals surface area contributed by atoms with E-state index in [4.69, 9.17) is 4.74 Å². The molecule has 168 valence electrons. The van der Waals surface area contributed by atoms with Crippen molar-refractivity contribution in [2.45, 2.75) is 20.8 Å². The lowest BCUT2D eigenvalue weighted by atomic mass is 10.0. The number of carbonyl (C=O) groups excluding carboxylic acids is 2. The molecule has 2 aliphatic heterocycles. The van der Waals surface area contributed by atoms with E-state index in [-0.39, 0.29) is 18.4 Å². The molecular weight excluding hydrogens is 402 g/mol. The third-order valence-electron chi connectivity index (χ3n) is 6.52. The number of methoxy groups -OCH3 is 1. The first-order valence-electron chi connectivity index (χ1n) is 11.1. The average molecular weight is 434 g/mol. The van der Waals surface area contributed by atoms with Crippen LogP contribution in [0, 0.1) is 20.8 Å². The van der Waals surface area contributed by atoms with E-state index < -0.39 is 0 Å². The summed E-state index contributed by atoms with van der Waals surface area (Å²) in [5.41, 5.74) is 6.75. The standard InChI is InChI=1S/C26H31N3O3/c1-18-8-10-21(11-9-18)23-24(26(31)29(25(23)30)16-17-32-4)28-14-12-27(13-15-28)22-7-5-6-19(2)20(22)3/h5-11H,12-17H2,1-4H3. The summed E-state index contributed by atoms with van der Waals surface area (Å²) in [6.45, 7) is 9.86. The van der Waals surface area contributed by atoms with Crippen molar-refractivity contribution in [2.75, 3.05) is 51.3 Å². The molecule has 2 amide bonds. The molecule has 1 fully saturated rings. The SMILES string of the molecule is COCCN1C(=O)C(c2ccc(C)cc2)=C(N2CCN(c3cccc(C)c3C)CC2)C1=O. The van der Waals surface area contributed by atoms with Gasteiger partial charge >= 0.3 is 0 Å². The molecule has 32 heavy (non-hydrogen) atoms. The van der Waals surface area contributed by atoms with Gasteiger partial charge in [-0.25, -0.2) is 0 Å². The molecule has 0 bridgehead atoms. The van der Waals surface area contributed by atoms with Crippen LogP contribution in [-0.4, -0.2) is 68.1 Å². The molecule has 0 saturated carbocycles. The minimum Gasteiger partial charge on any atom is -0.383 e. The summed E-state index contributed by atoms with van der Waals surface area (Å²) in [6, 6.07) is 14.2. The molecule has 6 heteroatoms. The highest BCUT2D eigenvalue weighted by Crippen LogP contribution is 2.33. The van der Waals surface area contributed by atoms with Crippen LogP contribution in [0.4, 0.5) is 5.69 Å². The number of anilines is 1. The zero-order valence-corrected chi connectivity index (χ0v) is 19.4. The number of hydrogen-bond donors (Lipinski definition) is 0. The number of aryl methyl sites for hydroxylation is 2. The Balaban J connectivity index is 1.63. The summed E-state index contributed by atoms with van der Waals surface area (Å²) in [7, 11) is 1.58. The Morgan fingerprint density at radius 3 is 2.16 bits per heavy atom. The largest absolute Gasteiger partial charge is 0.383 e. The van der Waals surface area contributed by atoms with Crippen LogP contribution in [0.15, 0.2) is 48.2 Å². The van der Waals surface area contributed by atoms with Gasteiger partial charge in [0.1, 0.15) is 5.70 Å². The van der Waals surface area contributed by atoms with E-state index in [1.165, 1.54) is 21.7 Å². The molecule has 0 atom stereocenters. The smallest absolute Gasteiger partial charge is 0.277 e. The maximum atomic E-state index is 13.4. The van der Waals surface area contributed by atoms with E-state index in [2.05, 4.69) is 41.8 Å². The van der Waals surface area contributed by atoms with E-state index in [1.54, 1.807) is 7.11 Å². The molecule has 0 spiro atoms. The number of carbonyl (C=O) groups is 2. The van der Waals surface area contributed by atoms with Gasteiger partial charge in [0.2, 0.25) is 0 Å².